The second kappa shape index (κ2) is 5.17. The molecule has 4 heteroatoms. The SMILES string of the molecule is CCC1CCC(c2noc([C@@H]3Cc4ccccc4N3)n2)C1. The van der Waals surface area contributed by atoms with Crippen LogP contribution in [0.4, 0.5) is 5.69 Å². The number of benzene rings is 1. The summed E-state index contributed by atoms with van der Waals surface area (Å²) in [6.07, 6.45) is 5.92. The van der Waals surface area contributed by atoms with Gasteiger partial charge >= 0.3 is 0 Å². The molecule has 3 atom stereocenters. The molecule has 1 saturated carbocycles. The molecule has 21 heavy (non-hydrogen) atoms. The molecule has 1 aliphatic carbocycles. The third-order valence-corrected chi connectivity index (χ3v) is 5.01. The lowest BCUT2D eigenvalue weighted by Gasteiger charge is -2.06. The third-order valence-electron chi connectivity index (χ3n) is 5.01. The summed E-state index contributed by atoms with van der Waals surface area (Å²) in [6.45, 7) is 2.27. The van der Waals surface area contributed by atoms with Crippen LogP contribution < -0.4 is 5.32 Å². The predicted octanol–water partition coefficient (Wildman–Crippen LogP) is 4.07. The summed E-state index contributed by atoms with van der Waals surface area (Å²) in [5.74, 6) is 2.99. The molecule has 2 unspecified atom stereocenters. The highest BCUT2D eigenvalue weighted by Crippen LogP contribution is 2.39. The molecular formula is C17H21N3O. The summed E-state index contributed by atoms with van der Waals surface area (Å²) in [5, 5.41) is 7.73. The molecular weight excluding hydrogens is 262 g/mol. The van der Waals surface area contributed by atoms with E-state index in [1.807, 2.05) is 0 Å². The highest BCUT2D eigenvalue weighted by molar-refractivity contribution is 5.56. The summed E-state index contributed by atoms with van der Waals surface area (Å²) in [4.78, 5) is 4.69. The highest BCUT2D eigenvalue weighted by Gasteiger charge is 2.31. The van der Waals surface area contributed by atoms with Crippen molar-refractivity contribution in [1.29, 1.82) is 0 Å². The minimum Gasteiger partial charge on any atom is -0.373 e. The lowest BCUT2D eigenvalue weighted by Crippen LogP contribution is -2.06. The summed E-state index contributed by atoms with van der Waals surface area (Å²) >= 11 is 0. The maximum absolute atomic E-state index is 5.54. The Morgan fingerprint density at radius 1 is 1.29 bits per heavy atom. The number of nitrogens with zero attached hydrogens (tertiary/aromatic N) is 2. The molecule has 2 heterocycles. The van der Waals surface area contributed by atoms with E-state index in [-0.39, 0.29) is 6.04 Å². The van der Waals surface area contributed by atoms with Crippen molar-refractivity contribution in [2.24, 2.45) is 5.92 Å². The number of anilines is 1. The quantitative estimate of drug-likeness (QED) is 0.922. The first-order chi connectivity index (χ1) is 10.3. The van der Waals surface area contributed by atoms with Crippen LogP contribution in [0, 0.1) is 5.92 Å². The molecule has 1 N–H and O–H groups in total. The van der Waals surface area contributed by atoms with Gasteiger partial charge in [0.05, 0.1) is 0 Å². The molecule has 2 aromatic rings. The lowest BCUT2D eigenvalue weighted by molar-refractivity contribution is 0.356. The molecule has 0 radical (unpaired) electrons. The fraction of sp³-hybridized carbons (Fsp3) is 0.529. The van der Waals surface area contributed by atoms with Gasteiger partial charge in [-0.2, -0.15) is 4.98 Å². The second-order valence-corrected chi connectivity index (χ2v) is 6.33. The van der Waals surface area contributed by atoms with Gasteiger partial charge < -0.3 is 9.84 Å². The Hall–Kier alpha value is -1.84. The van der Waals surface area contributed by atoms with Crippen molar-refractivity contribution in [3.63, 3.8) is 0 Å². The van der Waals surface area contributed by atoms with Crippen LogP contribution in [0.1, 0.15) is 61.8 Å². The van der Waals surface area contributed by atoms with Gasteiger partial charge in [0.25, 0.3) is 0 Å². The van der Waals surface area contributed by atoms with Gasteiger partial charge in [-0.05, 0) is 36.8 Å². The van der Waals surface area contributed by atoms with Gasteiger partial charge in [0, 0.05) is 18.0 Å². The van der Waals surface area contributed by atoms with Crippen molar-refractivity contribution in [2.75, 3.05) is 5.32 Å². The molecule has 0 spiro atoms. The zero-order chi connectivity index (χ0) is 14.2. The maximum atomic E-state index is 5.54. The van der Waals surface area contributed by atoms with Crippen molar-refractivity contribution < 1.29 is 4.52 Å². The zero-order valence-electron chi connectivity index (χ0n) is 12.4. The Balaban J connectivity index is 1.49. The average Bonchev–Trinajstić information content (AvgIpc) is 3.24. The molecule has 4 rings (SSSR count). The Kier molecular flexibility index (Phi) is 3.17. The van der Waals surface area contributed by atoms with Crippen LogP contribution in [-0.2, 0) is 6.42 Å². The van der Waals surface area contributed by atoms with Crippen LogP contribution in [-0.4, -0.2) is 10.1 Å². The molecule has 1 fully saturated rings. The lowest BCUT2D eigenvalue weighted by atomic mass is 10.0. The van der Waals surface area contributed by atoms with Crippen LogP contribution in [0.3, 0.4) is 0 Å². The zero-order valence-corrected chi connectivity index (χ0v) is 12.4. The van der Waals surface area contributed by atoms with Crippen LogP contribution in [0.15, 0.2) is 28.8 Å². The molecule has 0 bridgehead atoms. The minimum absolute atomic E-state index is 0.132. The number of fused-ring (bicyclic) bond motifs is 1. The van der Waals surface area contributed by atoms with Gasteiger partial charge in [0.15, 0.2) is 5.82 Å². The van der Waals surface area contributed by atoms with Crippen LogP contribution >= 0.6 is 0 Å². The Labute approximate surface area is 124 Å². The van der Waals surface area contributed by atoms with Gasteiger partial charge in [0.2, 0.25) is 5.89 Å². The Morgan fingerprint density at radius 2 is 2.19 bits per heavy atom. The van der Waals surface area contributed by atoms with Crippen molar-refractivity contribution in [3.05, 3.63) is 41.5 Å². The monoisotopic (exact) mass is 283 g/mol. The number of hydrogen-bond donors (Lipinski definition) is 1. The van der Waals surface area contributed by atoms with Crippen molar-refractivity contribution in [1.82, 2.24) is 10.1 Å². The highest BCUT2D eigenvalue weighted by atomic mass is 16.5. The fourth-order valence-corrected chi connectivity index (χ4v) is 3.68. The van der Waals surface area contributed by atoms with Crippen LogP contribution in [0.5, 0.6) is 0 Å². The van der Waals surface area contributed by atoms with E-state index in [0.29, 0.717) is 5.92 Å². The number of rotatable bonds is 3. The fourth-order valence-electron chi connectivity index (χ4n) is 3.68. The summed E-state index contributed by atoms with van der Waals surface area (Å²) in [7, 11) is 0. The van der Waals surface area contributed by atoms with E-state index in [2.05, 4.69) is 46.6 Å². The van der Waals surface area contributed by atoms with E-state index >= 15 is 0 Å². The topological polar surface area (TPSA) is 51.0 Å². The Morgan fingerprint density at radius 3 is 3.00 bits per heavy atom. The molecule has 1 aliphatic heterocycles. The van der Waals surface area contributed by atoms with E-state index in [4.69, 9.17) is 4.52 Å². The van der Waals surface area contributed by atoms with E-state index in [1.165, 1.54) is 36.9 Å². The van der Waals surface area contributed by atoms with E-state index < -0.39 is 0 Å². The van der Waals surface area contributed by atoms with Crippen LogP contribution in [0.25, 0.3) is 0 Å². The number of aromatic nitrogens is 2. The first kappa shape index (κ1) is 12.9. The number of hydrogen-bond acceptors (Lipinski definition) is 4. The standard InChI is InChI=1S/C17H21N3O/c1-2-11-7-8-13(9-11)16-19-17(21-20-16)15-10-12-5-3-4-6-14(12)18-15/h3-6,11,13,15,18H,2,7-10H2,1H3/t11?,13?,15-/m0/s1. The summed E-state index contributed by atoms with van der Waals surface area (Å²) < 4.78 is 5.54. The predicted molar refractivity (Wildman–Crippen MR) is 81.2 cm³/mol. The van der Waals surface area contributed by atoms with Gasteiger partial charge in [-0.3, -0.25) is 0 Å². The number of para-hydroxylation sites is 1. The molecule has 0 saturated heterocycles. The maximum Gasteiger partial charge on any atom is 0.249 e. The van der Waals surface area contributed by atoms with E-state index in [1.54, 1.807) is 0 Å². The minimum atomic E-state index is 0.132. The van der Waals surface area contributed by atoms with Gasteiger partial charge in [-0.1, -0.05) is 36.7 Å². The first-order valence-corrected chi connectivity index (χ1v) is 8.01. The van der Waals surface area contributed by atoms with Gasteiger partial charge in [-0.15, -0.1) is 0 Å². The molecule has 4 nitrogen and oxygen atoms in total. The van der Waals surface area contributed by atoms with Gasteiger partial charge in [0.1, 0.15) is 6.04 Å². The van der Waals surface area contributed by atoms with E-state index in [0.717, 1.165) is 24.1 Å². The average molecular weight is 283 g/mol. The smallest absolute Gasteiger partial charge is 0.249 e. The summed E-state index contributed by atoms with van der Waals surface area (Å²) in [5.41, 5.74) is 2.52. The van der Waals surface area contributed by atoms with Crippen molar-refractivity contribution >= 4 is 5.69 Å². The normalized spacial score (nSPS) is 27.6. The molecule has 110 valence electrons. The molecule has 1 aromatic carbocycles. The van der Waals surface area contributed by atoms with Crippen LogP contribution in [0.2, 0.25) is 0 Å². The van der Waals surface area contributed by atoms with Crippen molar-refractivity contribution in [3.8, 4) is 0 Å². The van der Waals surface area contributed by atoms with E-state index in [9.17, 15) is 0 Å². The third kappa shape index (κ3) is 2.33. The summed E-state index contributed by atoms with van der Waals surface area (Å²) in [6, 6.07) is 8.52. The second-order valence-electron chi connectivity index (χ2n) is 6.33. The number of nitrogens with one attached hydrogen (secondary N) is 1. The molecule has 0 amide bonds. The Bertz CT molecular complexity index is 611. The largest absolute Gasteiger partial charge is 0.373 e. The first-order valence-electron chi connectivity index (χ1n) is 8.01. The van der Waals surface area contributed by atoms with Crippen molar-refractivity contribution in [2.45, 2.75) is 51.0 Å². The van der Waals surface area contributed by atoms with Gasteiger partial charge in [-0.25, -0.2) is 0 Å². The molecule has 2 aliphatic rings. The molecule has 1 aromatic heterocycles.